The summed E-state index contributed by atoms with van der Waals surface area (Å²) in [6.45, 7) is 3.68. The fraction of sp³-hybridized carbons (Fsp3) is 0.417. The summed E-state index contributed by atoms with van der Waals surface area (Å²) in [5.41, 5.74) is 1.18. The van der Waals surface area contributed by atoms with Crippen LogP contribution in [-0.2, 0) is 4.79 Å². The molecule has 0 heterocycles. The molecular formula is C12H17NO. The Morgan fingerprint density at radius 3 is 2.50 bits per heavy atom. The van der Waals surface area contributed by atoms with E-state index in [1.54, 1.807) is 6.92 Å². The summed E-state index contributed by atoms with van der Waals surface area (Å²) in [6, 6.07) is 10.3. The third-order valence-corrected chi connectivity index (χ3v) is 2.16. The first kappa shape index (κ1) is 10.8. The molecule has 0 radical (unpaired) electrons. The average molecular weight is 191 g/mol. The summed E-state index contributed by atoms with van der Waals surface area (Å²) in [7, 11) is 0. The first-order chi connectivity index (χ1) is 6.74. The molecule has 0 aliphatic rings. The smallest absolute Gasteiger partial charge is 0.217 e. The number of nitrogens with one attached hydrogen (secondary N) is 1. The Kier molecular flexibility index (Phi) is 4.17. The third-order valence-electron chi connectivity index (χ3n) is 2.16. The largest absolute Gasteiger partial charge is 0.350 e. The summed E-state index contributed by atoms with van der Waals surface area (Å²) >= 11 is 0. The molecule has 14 heavy (non-hydrogen) atoms. The predicted molar refractivity (Wildman–Crippen MR) is 57.9 cm³/mol. The fourth-order valence-corrected chi connectivity index (χ4v) is 1.54. The molecule has 0 unspecified atom stereocenters. The Bertz CT molecular complexity index is 282. The molecule has 0 bridgehead atoms. The molecule has 0 spiro atoms. The molecule has 1 atom stereocenters. The van der Waals surface area contributed by atoms with Gasteiger partial charge in [0.05, 0.1) is 6.04 Å². The second kappa shape index (κ2) is 5.43. The Morgan fingerprint density at radius 1 is 1.36 bits per heavy atom. The van der Waals surface area contributed by atoms with Crippen LogP contribution < -0.4 is 5.32 Å². The number of carbonyl (C=O) groups excluding carboxylic acids is 1. The molecule has 76 valence electrons. The van der Waals surface area contributed by atoms with Gasteiger partial charge in [0.2, 0.25) is 5.91 Å². The Labute approximate surface area is 85.3 Å². The van der Waals surface area contributed by atoms with E-state index in [-0.39, 0.29) is 11.9 Å². The van der Waals surface area contributed by atoms with Crippen LogP contribution in [0.1, 0.15) is 38.3 Å². The normalized spacial score (nSPS) is 12.1. The van der Waals surface area contributed by atoms with E-state index in [1.807, 2.05) is 18.2 Å². The number of rotatable bonds is 4. The molecule has 0 fully saturated rings. The lowest BCUT2D eigenvalue weighted by Gasteiger charge is -2.17. The molecular weight excluding hydrogens is 174 g/mol. The monoisotopic (exact) mass is 191 g/mol. The van der Waals surface area contributed by atoms with Gasteiger partial charge in [-0.15, -0.1) is 0 Å². The van der Waals surface area contributed by atoms with Crippen LogP contribution in [0.25, 0.3) is 0 Å². The first-order valence-electron chi connectivity index (χ1n) is 5.06. The highest BCUT2D eigenvalue weighted by molar-refractivity contribution is 5.73. The molecule has 1 rings (SSSR count). The van der Waals surface area contributed by atoms with E-state index in [0.29, 0.717) is 0 Å². The van der Waals surface area contributed by atoms with Gasteiger partial charge >= 0.3 is 0 Å². The van der Waals surface area contributed by atoms with Crippen molar-refractivity contribution >= 4 is 5.91 Å². The van der Waals surface area contributed by atoms with Crippen molar-refractivity contribution in [1.29, 1.82) is 0 Å². The van der Waals surface area contributed by atoms with Crippen LogP contribution in [0.4, 0.5) is 0 Å². The van der Waals surface area contributed by atoms with Crippen LogP contribution in [0.2, 0.25) is 0 Å². The van der Waals surface area contributed by atoms with Gasteiger partial charge in [-0.05, 0) is 12.0 Å². The summed E-state index contributed by atoms with van der Waals surface area (Å²) in [5.74, 6) is 0.0345. The minimum absolute atomic E-state index is 0.0345. The van der Waals surface area contributed by atoms with Gasteiger partial charge in [0.15, 0.2) is 0 Å². The van der Waals surface area contributed by atoms with Crippen LogP contribution in [0.15, 0.2) is 30.3 Å². The molecule has 2 heteroatoms. The lowest BCUT2D eigenvalue weighted by molar-refractivity contribution is -0.119. The first-order valence-corrected chi connectivity index (χ1v) is 5.06. The van der Waals surface area contributed by atoms with Gasteiger partial charge in [-0.2, -0.15) is 0 Å². The van der Waals surface area contributed by atoms with Crippen LogP contribution in [0, 0.1) is 0 Å². The van der Waals surface area contributed by atoms with E-state index in [0.717, 1.165) is 12.8 Å². The summed E-state index contributed by atoms with van der Waals surface area (Å²) in [4.78, 5) is 11.0. The zero-order valence-corrected chi connectivity index (χ0v) is 8.79. The quantitative estimate of drug-likeness (QED) is 0.778. The van der Waals surface area contributed by atoms with E-state index in [9.17, 15) is 4.79 Å². The van der Waals surface area contributed by atoms with E-state index < -0.39 is 0 Å². The molecule has 1 aromatic carbocycles. The molecule has 0 aliphatic carbocycles. The maximum atomic E-state index is 11.0. The van der Waals surface area contributed by atoms with Crippen molar-refractivity contribution in [3.8, 4) is 0 Å². The zero-order chi connectivity index (χ0) is 10.4. The van der Waals surface area contributed by atoms with Crippen LogP contribution in [0.5, 0.6) is 0 Å². The van der Waals surface area contributed by atoms with Crippen LogP contribution in [0.3, 0.4) is 0 Å². The zero-order valence-electron chi connectivity index (χ0n) is 8.79. The third kappa shape index (κ3) is 3.21. The van der Waals surface area contributed by atoms with Crippen molar-refractivity contribution in [3.05, 3.63) is 35.9 Å². The molecule has 0 saturated heterocycles. The minimum atomic E-state index is 0.0345. The van der Waals surface area contributed by atoms with E-state index in [4.69, 9.17) is 0 Å². The number of hydrogen-bond acceptors (Lipinski definition) is 1. The fourth-order valence-electron chi connectivity index (χ4n) is 1.54. The van der Waals surface area contributed by atoms with Crippen molar-refractivity contribution in [2.75, 3.05) is 0 Å². The molecule has 0 saturated carbocycles. The second-order valence-electron chi connectivity index (χ2n) is 3.45. The number of amides is 1. The van der Waals surface area contributed by atoms with Crippen molar-refractivity contribution < 1.29 is 4.79 Å². The molecule has 0 aliphatic heterocycles. The van der Waals surface area contributed by atoms with Crippen molar-refractivity contribution in [1.82, 2.24) is 5.32 Å². The summed E-state index contributed by atoms with van der Waals surface area (Å²) in [5, 5.41) is 2.96. The van der Waals surface area contributed by atoms with Crippen molar-refractivity contribution in [2.45, 2.75) is 32.7 Å². The lowest BCUT2D eigenvalue weighted by atomic mass is 10.0. The maximum Gasteiger partial charge on any atom is 0.217 e. The topological polar surface area (TPSA) is 29.1 Å². The highest BCUT2D eigenvalue weighted by Crippen LogP contribution is 2.17. The van der Waals surface area contributed by atoms with E-state index in [2.05, 4.69) is 24.4 Å². The van der Waals surface area contributed by atoms with Gasteiger partial charge in [-0.1, -0.05) is 43.7 Å². The van der Waals surface area contributed by atoms with Gasteiger partial charge in [-0.3, -0.25) is 4.79 Å². The van der Waals surface area contributed by atoms with Gasteiger partial charge < -0.3 is 5.32 Å². The van der Waals surface area contributed by atoms with Gasteiger partial charge in [0.1, 0.15) is 0 Å². The lowest BCUT2D eigenvalue weighted by Crippen LogP contribution is -2.25. The standard InChI is InChI=1S/C12H17NO/c1-3-7-12(13-10(2)14)11-8-5-4-6-9-11/h4-6,8-9,12H,3,7H2,1-2H3,(H,13,14)/t12-/m1/s1. The van der Waals surface area contributed by atoms with Crippen molar-refractivity contribution in [2.24, 2.45) is 0 Å². The van der Waals surface area contributed by atoms with Gasteiger partial charge in [0, 0.05) is 6.92 Å². The Hall–Kier alpha value is -1.31. The molecule has 1 aromatic rings. The van der Waals surface area contributed by atoms with Gasteiger partial charge in [-0.25, -0.2) is 0 Å². The Balaban J connectivity index is 2.72. The number of carbonyl (C=O) groups is 1. The maximum absolute atomic E-state index is 11.0. The number of benzene rings is 1. The summed E-state index contributed by atoms with van der Waals surface area (Å²) < 4.78 is 0. The minimum Gasteiger partial charge on any atom is -0.350 e. The molecule has 1 N–H and O–H groups in total. The predicted octanol–water partition coefficient (Wildman–Crippen LogP) is 2.66. The van der Waals surface area contributed by atoms with E-state index >= 15 is 0 Å². The molecule has 0 aromatic heterocycles. The molecule has 2 nitrogen and oxygen atoms in total. The van der Waals surface area contributed by atoms with Crippen LogP contribution in [-0.4, -0.2) is 5.91 Å². The van der Waals surface area contributed by atoms with Crippen molar-refractivity contribution in [3.63, 3.8) is 0 Å². The number of hydrogen-bond donors (Lipinski definition) is 1. The van der Waals surface area contributed by atoms with E-state index in [1.165, 1.54) is 5.56 Å². The second-order valence-corrected chi connectivity index (χ2v) is 3.45. The highest BCUT2D eigenvalue weighted by Gasteiger charge is 2.10. The van der Waals surface area contributed by atoms with Gasteiger partial charge in [0.25, 0.3) is 0 Å². The highest BCUT2D eigenvalue weighted by atomic mass is 16.1. The Morgan fingerprint density at radius 2 is 2.00 bits per heavy atom. The van der Waals surface area contributed by atoms with Crippen LogP contribution >= 0.6 is 0 Å². The molecule has 1 amide bonds. The average Bonchev–Trinajstić information content (AvgIpc) is 2.18. The SMILES string of the molecule is CCC[C@@H](NC(C)=O)c1ccccc1. The summed E-state index contributed by atoms with van der Waals surface area (Å²) in [6.07, 6.45) is 2.06.